The number of sulfonamides is 1. The van der Waals surface area contributed by atoms with Gasteiger partial charge in [-0.1, -0.05) is 38.1 Å². The average Bonchev–Trinajstić information content (AvgIpc) is 3.37. The summed E-state index contributed by atoms with van der Waals surface area (Å²) in [4.78, 5) is 16.3. The molecule has 3 aromatic rings. The number of hydrogen-bond acceptors (Lipinski definition) is 7. The van der Waals surface area contributed by atoms with Crippen LogP contribution in [0.15, 0.2) is 40.9 Å². The Hall–Kier alpha value is -2.90. The molecular formula is C24H28F3N3O5S2. The van der Waals surface area contributed by atoms with E-state index in [1.165, 1.54) is 13.1 Å². The number of amides is 1. The van der Waals surface area contributed by atoms with E-state index in [4.69, 9.17) is 4.74 Å². The Bertz CT molecular complexity index is 1340. The highest BCUT2D eigenvalue weighted by Gasteiger charge is 2.36. The second kappa shape index (κ2) is 11.2. The Morgan fingerprint density at radius 1 is 1.22 bits per heavy atom. The van der Waals surface area contributed by atoms with Crippen LogP contribution in [0.4, 0.5) is 18.0 Å². The molecular weight excluding hydrogens is 531 g/mol. The van der Waals surface area contributed by atoms with Crippen LogP contribution in [0.1, 0.15) is 42.6 Å². The molecule has 0 unspecified atom stereocenters. The van der Waals surface area contributed by atoms with E-state index in [2.05, 4.69) is 4.98 Å². The van der Waals surface area contributed by atoms with E-state index in [0.717, 1.165) is 32.5 Å². The predicted octanol–water partition coefficient (Wildman–Crippen LogP) is 4.98. The van der Waals surface area contributed by atoms with Gasteiger partial charge in [0.1, 0.15) is 10.8 Å². The second-order valence-corrected chi connectivity index (χ2v) is 12.0. The molecule has 0 saturated heterocycles. The van der Waals surface area contributed by atoms with E-state index < -0.39 is 34.2 Å². The van der Waals surface area contributed by atoms with Crippen molar-refractivity contribution in [3.8, 4) is 11.1 Å². The number of ether oxygens (including phenoxy) is 1. The van der Waals surface area contributed by atoms with Crippen LogP contribution in [0.2, 0.25) is 0 Å². The van der Waals surface area contributed by atoms with Gasteiger partial charge in [0.05, 0.1) is 6.10 Å². The van der Waals surface area contributed by atoms with E-state index >= 15 is 0 Å². The molecule has 0 aliphatic carbocycles. The van der Waals surface area contributed by atoms with Crippen molar-refractivity contribution in [2.75, 3.05) is 6.61 Å². The molecule has 37 heavy (non-hydrogen) atoms. The van der Waals surface area contributed by atoms with Crippen LogP contribution in [0.5, 0.6) is 0 Å². The number of halogens is 3. The average molecular weight is 560 g/mol. The topological polar surface area (TPSA) is 111 Å². The number of aliphatic hydroxyl groups excluding tert-OH is 1. The minimum absolute atomic E-state index is 0.0713. The zero-order chi connectivity index (χ0) is 27.5. The third kappa shape index (κ3) is 7.11. The van der Waals surface area contributed by atoms with Crippen molar-refractivity contribution >= 4 is 27.5 Å². The first-order valence-electron chi connectivity index (χ1n) is 11.4. The largest absolute Gasteiger partial charge is 0.449 e. The van der Waals surface area contributed by atoms with Crippen molar-refractivity contribution in [1.82, 2.24) is 14.3 Å². The van der Waals surface area contributed by atoms with Crippen LogP contribution >= 0.6 is 11.3 Å². The molecule has 3 rings (SSSR count). The van der Waals surface area contributed by atoms with E-state index in [1.54, 1.807) is 31.2 Å². The van der Waals surface area contributed by atoms with E-state index in [-0.39, 0.29) is 23.3 Å². The monoisotopic (exact) mass is 559 g/mol. The highest BCUT2D eigenvalue weighted by Crippen LogP contribution is 2.40. The quantitative estimate of drug-likeness (QED) is 0.383. The maximum atomic E-state index is 13.2. The number of benzene rings is 1. The number of nitrogens with zero attached hydrogens (tertiary/aromatic N) is 2. The third-order valence-electron chi connectivity index (χ3n) is 5.29. The van der Waals surface area contributed by atoms with Crippen molar-refractivity contribution in [3.63, 3.8) is 0 Å². The molecule has 0 radical (unpaired) electrons. The molecule has 0 fully saturated rings. The van der Waals surface area contributed by atoms with Gasteiger partial charge in [-0.25, -0.2) is 22.9 Å². The molecule has 1 amide bonds. The summed E-state index contributed by atoms with van der Waals surface area (Å²) in [5.74, 6) is -0.768. The van der Waals surface area contributed by atoms with Crippen molar-refractivity contribution < 1.29 is 36.2 Å². The maximum absolute atomic E-state index is 13.2. The first-order valence-corrected chi connectivity index (χ1v) is 13.7. The number of thiophene rings is 1. The zero-order valence-corrected chi connectivity index (χ0v) is 22.3. The number of nitrogens with one attached hydrogen (secondary N) is 1. The molecule has 0 aliphatic heterocycles. The second-order valence-electron chi connectivity index (χ2n) is 9.04. The highest BCUT2D eigenvalue weighted by atomic mass is 32.2. The lowest BCUT2D eigenvalue weighted by Crippen LogP contribution is -2.32. The Balaban J connectivity index is 1.96. The zero-order valence-electron chi connectivity index (χ0n) is 20.7. The molecule has 13 heteroatoms. The Labute approximate surface area is 217 Å². The first-order chi connectivity index (χ1) is 17.2. The van der Waals surface area contributed by atoms with Gasteiger partial charge in [0.25, 0.3) is 10.0 Å². The number of aromatic nitrogens is 2. The molecule has 0 aliphatic rings. The summed E-state index contributed by atoms with van der Waals surface area (Å²) in [6, 6.07) is 6.52. The van der Waals surface area contributed by atoms with E-state index in [0.29, 0.717) is 23.1 Å². The van der Waals surface area contributed by atoms with Gasteiger partial charge in [-0.3, -0.25) is 0 Å². The first kappa shape index (κ1) is 28.7. The number of imidazole rings is 1. The molecule has 1 aromatic carbocycles. The molecule has 2 heterocycles. The van der Waals surface area contributed by atoms with Crippen LogP contribution in [0.25, 0.3) is 11.1 Å². The highest BCUT2D eigenvalue weighted by molar-refractivity contribution is 7.92. The molecule has 2 aromatic heterocycles. The number of aliphatic hydroxyl groups is 1. The lowest BCUT2D eigenvalue weighted by atomic mass is 9.99. The fourth-order valence-electron chi connectivity index (χ4n) is 3.67. The van der Waals surface area contributed by atoms with Crippen LogP contribution in [-0.2, 0) is 33.9 Å². The Morgan fingerprint density at radius 2 is 1.86 bits per heavy atom. The molecule has 0 bridgehead atoms. The predicted molar refractivity (Wildman–Crippen MR) is 133 cm³/mol. The summed E-state index contributed by atoms with van der Waals surface area (Å²) in [5, 5.41) is 9.28. The van der Waals surface area contributed by atoms with Crippen molar-refractivity contribution in [2.45, 2.75) is 57.1 Å². The minimum Gasteiger partial charge on any atom is -0.446 e. The van der Waals surface area contributed by atoms with E-state index in [1.807, 2.05) is 18.6 Å². The lowest BCUT2D eigenvalue weighted by Gasteiger charge is -2.12. The van der Waals surface area contributed by atoms with Gasteiger partial charge in [-0.2, -0.15) is 13.2 Å². The van der Waals surface area contributed by atoms with Gasteiger partial charge >= 0.3 is 12.3 Å². The molecule has 2 N–H and O–H groups in total. The van der Waals surface area contributed by atoms with Gasteiger partial charge < -0.3 is 14.4 Å². The van der Waals surface area contributed by atoms with Crippen LogP contribution in [0.3, 0.4) is 0 Å². The fraction of sp³-hybridized carbons (Fsp3) is 0.417. The van der Waals surface area contributed by atoms with Gasteiger partial charge in [-0.15, -0.1) is 11.3 Å². The maximum Gasteiger partial charge on any atom is 0.449 e. The van der Waals surface area contributed by atoms with Gasteiger partial charge in [-0.05, 0) is 42.9 Å². The standard InChI is InChI=1S/C24H28F3N3O5S2/c1-14(2)11-19-16(4)20(21(36-19)37(33,34)29-23(32)35-13-15(3)31)18-7-5-17(6-8-18)12-30-10-9-28-22(30)24(25,26)27/h5-10,14-15,31H,11-13H2,1-4H3,(H,29,32)/t15-/m1/s1. The Morgan fingerprint density at radius 3 is 2.43 bits per heavy atom. The summed E-state index contributed by atoms with van der Waals surface area (Å²) < 4.78 is 73.3. The fourth-order valence-corrected chi connectivity index (χ4v) is 6.71. The number of rotatable bonds is 9. The van der Waals surface area contributed by atoms with Crippen LogP contribution in [-0.4, -0.2) is 41.9 Å². The molecule has 202 valence electrons. The van der Waals surface area contributed by atoms with Gasteiger partial charge in [0, 0.05) is 29.4 Å². The third-order valence-corrected chi connectivity index (χ3v) is 8.43. The van der Waals surface area contributed by atoms with Crippen molar-refractivity contribution in [2.24, 2.45) is 5.92 Å². The van der Waals surface area contributed by atoms with Crippen LogP contribution < -0.4 is 4.72 Å². The summed E-state index contributed by atoms with van der Waals surface area (Å²) in [6.45, 7) is 6.74. The van der Waals surface area contributed by atoms with Crippen molar-refractivity contribution in [1.29, 1.82) is 0 Å². The molecule has 1 atom stereocenters. The number of hydrogen-bond donors (Lipinski definition) is 2. The number of carbonyl (C=O) groups excluding carboxylic acids is 1. The molecule has 0 spiro atoms. The smallest absolute Gasteiger partial charge is 0.446 e. The van der Waals surface area contributed by atoms with Gasteiger partial charge in [0.2, 0.25) is 5.82 Å². The van der Waals surface area contributed by atoms with Crippen LogP contribution in [0, 0.1) is 12.8 Å². The lowest BCUT2D eigenvalue weighted by molar-refractivity contribution is -0.147. The molecule has 8 nitrogen and oxygen atoms in total. The van der Waals surface area contributed by atoms with Gasteiger partial charge in [0.15, 0.2) is 0 Å². The van der Waals surface area contributed by atoms with E-state index in [9.17, 15) is 31.5 Å². The number of carbonyl (C=O) groups is 1. The summed E-state index contributed by atoms with van der Waals surface area (Å²) >= 11 is 1.05. The minimum atomic E-state index is -4.59. The number of alkyl halides is 3. The van der Waals surface area contributed by atoms with Crippen molar-refractivity contribution in [3.05, 3.63) is 58.5 Å². The Kier molecular flexibility index (Phi) is 8.70. The molecule has 0 saturated carbocycles. The summed E-state index contributed by atoms with van der Waals surface area (Å²) in [7, 11) is -4.32. The SMILES string of the molecule is Cc1c(CC(C)C)sc(S(=O)(=O)NC(=O)OC[C@@H](C)O)c1-c1ccc(Cn2ccnc2C(F)(F)F)cc1. The normalized spacial score (nSPS) is 13.1. The summed E-state index contributed by atoms with van der Waals surface area (Å²) in [5.41, 5.74) is 2.23. The summed E-state index contributed by atoms with van der Waals surface area (Å²) in [6.07, 6.45) is -3.82.